The van der Waals surface area contributed by atoms with E-state index in [0.717, 1.165) is 0 Å². The van der Waals surface area contributed by atoms with Crippen molar-refractivity contribution >= 4 is 51.8 Å². The van der Waals surface area contributed by atoms with E-state index in [1.54, 1.807) is 0 Å². The molecule has 0 spiro atoms. The molecule has 6 aromatic rings. The Kier molecular flexibility index (Phi) is 9.63. The third-order valence-electron chi connectivity index (χ3n) is 12.3. The van der Waals surface area contributed by atoms with Crippen LogP contribution in [0, 0.1) is 5.41 Å². The van der Waals surface area contributed by atoms with Crippen molar-refractivity contribution in [2.24, 2.45) is 10.5 Å². The topological polar surface area (TPSA) is 15.6 Å². The second-order valence-electron chi connectivity index (χ2n) is 15.6. The van der Waals surface area contributed by atoms with Crippen LogP contribution in [0.5, 0.6) is 0 Å². The van der Waals surface area contributed by atoms with Gasteiger partial charge in [-0.2, -0.15) is 0 Å². The molecule has 0 fully saturated rings. The van der Waals surface area contributed by atoms with Crippen molar-refractivity contribution in [2.45, 2.75) is 65.2 Å². The van der Waals surface area contributed by atoms with Gasteiger partial charge in [0.1, 0.15) is 44.2 Å². The molecular weight excluding hydrogens is 666 g/mol. The molecule has 0 radical (unpaired) electrons. The highest BCUT2D eigenvalue weighted by molar-refractivity contribution is 8.08. The summed E-state index contributed by atoms with van der Waals surface area (Å²) in [5.41, 5.74) is 0.624. The van der Waals surface area contributed by atoms with Gasteiger partial charge in [0.15, 0.2) is 12.7 Å². The van der Waals surface area contributed by atoms with Gasteiger partial charge in [-0.05, 0) is 121 Å². The zero-order valence-electron chi connectivity index (χ0n) is 31.7. The second kappa shape index (κ2) is 13.9. The van der Waals surface area contributed by atoms with E-state index in [2.05, 4.69) is 235 Å². The van der Waals surface area contributed by atoms with Gasteiger partial charge < -0.3 is 0 Å². The highest BCUT2D eigenvalue weighted by atomic mass is 31.2. The smallest absolute Gasteiger partial charge is 0.200 e. The number of hydrazone groups is 1. The maximum atomic E-state index is 6.07. The summed E-state index contributed by atoms with van der Waals surface area (Å²) in [6.45, 7) is 17.3. The lowest BCUT2D eigenvalue weighted by molar-refractivity contribution is 0.0417. The molecule has 0 aromatic heterocycles. The average Bonchev–Trinajstić information content (AvgIpc) is 3.43. The predicted molar refractivity (Wildman–Crippen MR) is 231 cm³/mol. The molecule has 1 unspecified atom stereocenters. The number of hydrogen-bond donors (Lipinski definition) is 0. The van der Waals surface area contributed by atoms with E-state index in [1.165, 1.54) is 37.3 Å². The Labute approximate surface area is 313 Å². The zero-order chi connectivity index (χ0) is 36.6. The van der Waals surface area contributed by atoms with Crippen molar-refractivity contribution in [3.63, 3.8) is 0 Å². The van der Waals surface area contributed by atoms with E-state index in [4.69, 9.17) is 5.10 Å². The number of hydrogen-bond acceptors (Lipinski definition) is 2. The first kappa shape index (κ1) is 36.0. The SMILES string of the molecule is CC1N(C(C)(C)C(C)(C)[P+](c2ccccc2)(c2ccccc2)c2ccccc2)N=C([P+](c2ccccc2)(c2ccccc2)c2ccccc2)C1(C)C. The Bertz CT molecular complexity index is 1920. The van der Waals surface area contributed by atoms with E-state index in [9.17, 15) is 0 Å². The Hall–Kier alpha value is -4.35. The van der Waals surface area contributed by atoms with Gasteiger partial charge in [0.2, 0.25) is 0 Å². The van der Waals surface area contributed by atoms with Crippen LogP contribution in [0.15, 0.2) is 187 Å². The van der Waals surface area contributed by atoms with Gasteiger partial charge in [-0.25, -0.2) is 0 Å². The third kappa shape index (κ3) is 5.41. The minimum absolute atomic E-state index is 0.122. The highest BCUT2D eigenvalue weighted by Crippen LogP contribution is 2.71. The van der Waals surface area contributed by atoms with E-state index in [-0.39, 0.29) is 16.6 Å². The van der Waals surface area contributed by atoms with E-state index < -0.39 is 20.1 Å². The fraction of sp³-hybridized carbons (Fsp3) is 0.229. The van der Waals surface area contributed by atoms with Gasteiger partial charge in [-0.15, -0.1) is 5.10 Å². The average molecular weight is 719 g/mol. The Morgan fingerprint density at radius 2 is 0.731 bits per heavy atom. The van der Waals surface area contributed by atoms with Crippen molar-refractivity contribution in [3.8, 4) is 0 Å². The first-order valence-corrected chi connectivity index (χ1v) is 22.1. The predicted octanol–water partition coefficient (Wildman–Crippen LogP) is 9.58. The highest BCUT2D eigenvalue weighted by Gasteiger charge is 2.69. The minimum Gasteiger partial charge on any atom is -0.280 e. The monoisotopic (exact) mass is 718 g/mol. The molecule has 1 aliphatic heterocycles. The van der Waals surface area contributed by atoms with Gasteiger partial charge in [-0.3, -0.25) is 5.01 Å². The number of rotatable bonds is 10. The first-order valence-electron chi connectivity index (χ1n) is 18.5. The molecule has 1 aliphatic rings. The largest absolute Gasteiger partial charge is 0.280 e. The van der Waals surface area contributed by atoms with Gasteiger partial charge >= 0.3 is 0 Å². The lowest BCUT2D eigenvalue weighted by Gasteiger charge is -2.53. The fourth-order valence-corrected chi connectivity index (χ4v) is 19.1. The molecule has 6 aromatic carbocycles. The quantitative estimate of drug-likeness (QED) is 0.129. The second-order valence-corrected chi connectivity index (χ2v) is 23.0. The van der Waals surface area contributed by atoms with E-state index >= 15 is 0 Å². The van der Waals surface area contributed by atoms with Crippen LogP contribution in [0.1, 0.15) is 48.5 Å². The maximum absolute atomic E-state index is 6.07. The third-order valence-corrected chi connectivity index (χ3v) is 22.2. The standard InChI is InChI=1S/C48H52N2P2/c1-38-46(2,3)45(51(39-26-14-8-15-27-39,40-28-16-9-17-29-40)41-30-18-10-19-31-41)49-50(38)47(4,5)48(6,7)52(42-32-20-11-21-33-42,43-34-22-12-23-35-43)44-36-24-13-25-37-44/h8-38H,1-7H3/q+2. The van der Waals surface area contributed by atoms with E-state index in [1.807, 2.05) is 0 Å². The summed E-state index contributed by atoms with van der Waals surface area (Å²) in [5.74, 6) is 0. The van der Waals surface area contributed by atoms with Gasteiger partial charge in [0.25, 0.3) is 0 Å². The Morgan fingerprint density at radius 1 is 0.462 bits per heavy atom. The van der Waals surface area contributed by atoms with Crippen LogP contribution in [0.4, 0.5) is 0 Å². The molecular formula is C48H52N2P2+2. The van der Waals surface area contributed by atoms with Crippen molar-refractivity contribution in [1.82, 2.24) is 5.01 Å². The fourth-order valence-electron chi connectivity index (χ4n) is 8.75. The van der Waals surface area contributed by atoms with Crippen LogP contribution < -0.4 is 31.8 Å². The summed E-state index contributed by atoms with van der Waals surface area (Å²) in [4.78, 5) is 0. The summed E-state index contributed by atoms with van der Waals surface area (Å²) < 4.78 is 0. The molecule has 1 atom stereocenters. The van der Waals surface area contributed by atoms with Crippen LogP contribution in [-0.4, -0.2) is 27.2 Å². The Morgan fingerprint density at radius 3 is 1.02 bits per heavy atom. The molecule has 0 saturated carbocycles. The first-order chi connectivity index (χ1) is 25.0. The molecule has 0 bridgehead atoms. The molecule has 0 amide bonds. The number of benzene rings is 6. The number of nitrogens with zero attached hydrogens (tertiary/aromatic N) is 2. The summed E-state index contributed by atoms with van der Waals surface area (Å²) in [7, 11) is -4.75. The van der Waals surface area contributed by atoms with E-state index in [0.29, 0.717) is 0 Å². The molecule has 52 heavy (non-hydrogen) atoms. The molecule has 7 rings (SSSR count). The molecule has 1 heterocycles. The molecule has 0 aliphatic carbocycles. The van der Waals surface area contributed by atoms with Crippen LogP contribution in [0.3, 0.4) is 0 Å². The van der Waals surface area contributed by atoms with Crippen LogP contribution in [0.25, 0.3) is 0 Å². The normalized spacial score (nSPS) is 16.4. The lowest BCUT2D eigenvalue weighted by Crippen LogP contribution is -2.63. The summed E-state index contributed by atoms with van der Waals surface area (Å²) in [6.07, 6.45) is 0. The summed E-state index contributed by atoms with van der Waals surface area (Å²) >= 11 is 0. The van der Waals surface area contributed by atoms with Crippen molar-refractivity contribution < 1.29 is 0 Å². The maximum Gasteiger partial charge on any atom is 0.200 e. The zero-order valence-corrected chi connectivity index (χ0v) is 33.5. The summed E-state index contributed by atoms with van der Waals surface area (Å²) in [5, 5.41) is 16.5. The van der Waals surface area contributed by atoms with Gasteiger partial charge in [-0.1, -0.05) is 109 Å². The van der Waals surface area contributed by atoms with Crippen LogP contribution in [-0.2, 0) is 0 Å². The van der Waals surface area contributed by atoms with Crippen LogP contribution in [0.2, 0.25) is 0 Å². The van der Waals surface area contributed by atoms with Gasteiger partial charge in [0.05, 0.1) is 17.0 Å². The van der Waals surface area contributed by atoms with Crippen LogP contribution >= 0.6 is 14.5 Å². The summed E-state index contributed by atoms with van der Waals surface area (Å²) in [6, 6.07) is 67.7. The lowest BCUT2D eigenvalue weighted by atomic mass is 9.82. The van der Waals surface area contributed by atoms with Crippen molar-refractivity contribution in [1.29, 1.82) is 0 Å². The Balaban J connectivity index is 1.53. The van der Waals surface area contributed by atoms with Gasteiger partial charge in [0, 0.05) is 0 Å². The van der Waals surface area contributed by atoms with Crippen molar-refractivity contribution in [3.05, 3.63) is 182 Å². The molecule has 262 valence electrons. The molecule has 2 nitrogen and oxygen atoms in total. The molecule has 0 N–H and O–H groups in total. The molecule has 0 saturated heterocycles. The minimum atomic E-state index is -2.42. The molecule has 4 heteroatoms. The van der Waals surface area contributed by atoms with Crippen molar-refractivity contribution in [2.75, 3.05) is 0 Å².